The van der Waals surface area contributed by atoms with Crippen molar-refractivity contribution in [2.24, 2.45) is 0 Å². The smallest absolute Gasteiger partial charge is 0.194 e. The first-order valence-electron chi connectivity index (χ1n) is 6.76. The first-order chi connectivity index (χ1) is 10.4. The second-order valence-electron chi connectivity index (χ2n) is 4.93. The Morgan fingerprint density at radius 3 is 2.18 bits per heavy atom. The monoisotopic (exact) mass is 306 g/mol. The molecule has 0 aromatic carbocycles. The molecule has 2 heterocycles. The van der Waals surface area contributed by atoms with Crippen LogP contribution >= 0.6 is 0 Å². The number of ketones is 2. The fourth-order valence-electron chi connectivity index (χ4n) is 1.92. The number of aliphatic hydroxyl groups excluding tert-OH is 1. The fourth-order valence-corrected chi connectivity index (χ4v) is 1.92. The number of imidazole rings is 2. The normalized spacial score (nSPS) is 10.9. The largest absolute Gasteiger partial charge is 0.390 e. The number of hydrogen-bond donors (Lipinski definition) is 3. The highest BCUT2D eigenvalue weighted by Gasteiger charge is 2.14. The highest BCUT2D eigenvalue weighted by atomic mass is 16.5. The van der Waals surface area contributed by atoms with Crippen LogP contribution in [-0.2, 0) is 24.6 Å². The van der Waals surface area contributed by atoms with E-state index in [2.05, 4.69) is 19.9 Å². The maximum absolute atomic E-state index is 11.3. The van der Waals surface area contributed by atoms with Gasteiger partial charge in [-0.15, -0.1) is 0 Å². The lowest BCUT2D eigenvalue weighted by atomic mass is 10.3. The summed E-state index contributed by atoms with van der Waals surface area (Å²) in [5.41, 5.74) is 2.34. The first-order valence-corrected chi connectivity index (χ1v) is 6.76. The van der Waals surface area contributed by atoms with Crippen molar-refractivity contribution >= 4 is 11.6 Å². The Labute approximate surface area is 126 Å². The van der Waals surface area contributed by atoms with Crippen molar-refractivity contribution in [3.05, 3.63) is 34.4 Å². The Hall–Kier alpha value is -2.32. The van der Waals surface area contributed by atoms with Crippen molar-refractivity contribution in [3.8, 4) is 0 Å². The van der Waals surface area contributed by atoms with Gasteiger partial charge in [0.15, 0.2) is 23.2 Å². The van der Waals surface area contributed by atoms with Crippen molar-refractivity contribution in [3.63, 3.8) is 0 Å². The number of carbonyl (C=O) groups excluding carboxylic acids is 2. The third-order valence-electron chi connectivity index (χ3n) is 3.15. The van der Waals surface area contributed by atoms with Crippen LogP contribution in [0.15, 0.2) is 0 Å². The molecule has 0 saturated carbocycles. The lowest BCUT2D eigenvalue weighted by molar-refractivity contribution is 0.0984. The predicted octanol–water partition coefficient (Wildman–Crippen LogP) is 1.06. The molecule has 0 unspecified atom stereocenters. The summed E-state index contributed by atoms with van der Waals surface area (Å²) in [7, 11) is 0. The maximum Gasteiger partial charge on any atom is 0.194 e. The lowest BCUT2D eigenvalue weighted by Crippen LogP contribution is -2.00. The molecule has 2 rings (SSSR count). The average molecular weight is 306 g/mol. The van der Waals surface area contributed by atoms with Gasteiger partial charge in [-0.1, -0.05) is 0 Å². The number of aromatic amines is 2. The molecule has 0 spiro atoms. The number of rotatable bonds is 7. The third kappa shape index (κ3) is 3.46. The Morgan fingerprint density at radius 1 is 1.05 bits per heavy atom. The Bertz CT molecular complexity index is 702. The molecule has 0 aliphatic carbocycles. The molecular weight excluding hydrogens is 288 g/mol. The minimum absolute atomic E-state index is 0.142. The molecular formula is C14H18N4O4. The zero-order chi connectivity index (χ0) is 16.3. The van der Waals surface area contributed by atoms with Gasteiger partial charge in [0.2, 0.25) is 0 Å². The van der Waals surface area contributed by atoms with Gasteiger partial charge in [0.25, 0.3) is 0 Å². The van der Waals surface area contributed by atoms with E-state index >= 15 is 0 Å². The summed E-state index contributed by atoms with van der Waals surface area (Å²) in [6, 6.07) is 0. The third-order valence-corrected chi connectivity index (χ3v) is 3.15. The number of Topliss-reactive ketones (excluding diaryl/α,β-unsaturated/α-hetero) is 2. The van der Waals surface area contributed by atoms with Gasteiger partial charge in [-0.25, -0.2) is 9.97 Å². The van der Waals surface area contributed by atoms with E-state index in [4.69, 9.17) is 4.74 Å². The van der Waals surface area contributed by atoms with Crippen molar-refractivity contribution in [2.75, 3.05) is 0 Å². The number of ether oxygens (including phenoxy) is 1. The van der Waals surface area contributed by atoms with Gasteiger partial charge in [-0.3, -0.25) is 9.59 Å². The van der Waals surface area contributed by atoms with Gasteiger partial charge in [0, 0.05) is 19.5 Å². The number of aromatic nitrogens is 4. The van der Waals surface area contributed by atoms with E-state index in [1.165, 1.54) is 13.8 Å². The summed E-state index contributed by atoms with van der Waals surface area (Å²) in [4.78, 5) is 36.4. The SMILES string of the molecule is CC(=O)c1nc(COCc2[nH]c(C(C)=O)nc2CO)c(C)[nH]1. The number of nitrogens with one attached hydrogen (secondary N) is 2. The zero-order valence-electron chi connectivity index (χ0n) is 12.7. The number of hydrogen-bond acceptors (Lipinski definition) is 6. The van der Waals surface area contributed by atoms with E-state index in [1.807, 2.05) is 0 Å². The summed E-state index contributed by atoms with van der Waals surface area (Å²) in [5.74, 6) is 0.136. The molecule has 0 aliphatic rings. The summed E-state index contributed by atoms with van der Waals surface area (Å²) in [6.45, 7) is 4.71. The molecule has 8 nitrogen and oxygen atoms in total. The Kier molecular flexibility index (Phi) is 4.84. The summed E-state index contributed by atoms with van der Waals surface area (Å²) < 4.78 is 5.53. The number of carbonyl (C=O) groups is 2. The number of H-pyrrole nitrogens is 2. The highest BCUT2D eigenvalue weighted by molar-refractivity contribution is 5.90. The Morgan fingerprint density at radius 2 is 1.64 bits per heavy atom. The fraction of sp³-hybridized carbons (Fsp3) is 0.429. The number of aliphatic hydroxyl groups is 1. The average Bonchev–Trinajstić information content (AvgIpc) is 3.03. The number of nitrogens with zero attached hydrogens (tertiary/aromatic N) is 2. The quantitative estimate of drug-likeness (QED) is 0.658. The molecule has 2 aromatic rings. The zero-order valence-corrected chi connectivity index (χ0v) is 12.7. The van der Waals surface area contributed by atoms with E-state index in [9.17, 15) is 14.7 Å². The minimum Gasteiger partial charge on any atom is -0.390 e. The van der Waals surface area contributed by atoms with E-state index in [0.717, 1.165) is 5.69 Å². The molecule has 0 radical (unpaired) electrons. The van der Waals surface area contributed by atoms with Gasteiger partial charge in [-0.05, 0) is 6.92 Å². The van der Waals surface area contributed by atoms with Crippen LogP contribution in [0.2, 0.25) is 0 Å². The van der Waals surface area contributed by atoms with E-state index in [-0.39, 0.29) is 37.2 Å². The van der Waals surface area contributed by atoms with Crippen LogP contribution in [0, 0.1) is 6.92 Å². The minimum atomic E-state index is -0.279. The standard InChI is InChI=1S/C14H18N4O4/c1-7-11(17-13(15-7)8(2)20)5-22-6-12-10(4-19)16-14(18-12)9(3)21/h19H,4-6H2,1-3H3,(H,15,17)(H,16,18). The van der Waals surface area contributed by atoms with Gasteiger partial charge >= 0.3 is 0 Å². The van der Waals surface area contributed by atoms with Crippen molar-refractivity contribution in [1.29, 1.82) is 0 Å². The topological polar surface area (TPSA) is 121 Å². The summed E-state index contributed by atoms with van der Waals surface area (Å²) >= 11 is 0. The van der Waals surface area contributed by atoms with Crippen molar-refractivity contribution < 1.29 is 19.4 Å². The Balaban J connectivity index is 2.02. The summed E-state index contributed by atoms with van der Waals surface area (Å²) in [5, 5.41) is 9.23. The molecule has 0 aliphatic heterocycles. The molecule has 118 valence electrons. The molecule has 0 saturated heterocycles. The second-order valence-corrected chi connectivity index (χ2v) is 4.93. The molecule has 0 atom stereocenters. The molecule has 3 N–H and O–H groups in total. The lowest BCUT2D eigenvalue weighted by Gasteiger charge is -2.02. The van der Waals surface area contributed by atoms with Crippen LogP contribution in [0.25, 0.3) is 0 Å². The predicted molar refractivity (Wildman–Crippen MR) is 76.3 cm³/mol. The van der Waals surface area contributed by atoms with E-state index < -0.39 is 0 Å². The van der Waals surface area contributed by atoms with Crippen LogP contribution in [-0.4, -0.2) is 36.6 Å². The molecule has 0 amide bonds. The van der Waals surface area contributed by atoms with Crippen molar-refractivity contribution in [1.82, 2.24) is 19.9 Å². The van der Waals surface area contributed by atoms with Crippen LogP contribution in [0.5, 0.6) is 0 Å². The highest BCUT2D eigenvalue weighted by Crippen LogP contribution is 2.12. The van der Waals surface area contributed by atoms with Gasteiger partial charge in [0.1, 0.15) is 0 Å². The van der Waals surface area contributed by atoms with Gasteiger partial charge in [0.05, 0.1) is 36.9 Å². The van der Waals surface area contributed by atoms with Crippen LogP contribution in [0.4, 0.5) is 0 Å². The van der Waals surface area contributed by atoms with E-state index in [0.29, 0.717) is 22.9 Å². The van der Waals surface area contributed by atoms with Crippen LogP contribution < -0.4 is 0 Å². The number of aryl methyl sites for hydroxylation is 1. The van der Waals surface area contributed by atoms with Crippen LogP contribution in [0.3, 0.4) is 0 Å². The van der Waals surface area contributed by atoms with E-state index in [1.54, 1.807) is 6.92 Å². The molecule has 2 aromatic heterocycles. The second kappa shape index (κ2) is 6.63. The maximum atomic E-state index is 11.3. The van der Waals surface area contributed by atoms with Gasteiger partial charge < -0.3 is 19.8 Å². The first kappa shape index (κ1) is 16.1. The molecule has 0 fully saturated rings. The summed E-state index contributed by atoms with van der Waals surface area (Å²) in [6.07, 6.45) is 0. The van der Waals surface area contributed by atoms with Gasteiger partial charge in [-0.2, -0.15) is 0 Å². The molecule has 8 heteroatoms. The van der Waals surface area contributed by atoms with Crippen molar-refractivity contribution in [2.45, 2.75) is 40.6 Å². The molecule has 0 bridgehead atoms. The molecule has 22 heavy (non-hydrogen) atoms. The van der Waals surface area contributed by atoms with Crippen LogP contribution in [0.1, 0.15) is 57.9 Å².